The van der Waals surface area contributed by atoms with Gasteiger partial charge in [-0.3, -0.25) is 4.98 Å². The van der Waals surface area contributed by atoms with Crippen molar-refractivity contribution in [2.24, 2.45) is 0 Å². The Morgan fingerprint density at radius 1 is 0.383 bits per heavy atom. The zero-order chi connectivity index (χ0) is 30.9. The highest BCUT2D eigenvalue weighted by molar-refractivity contribution is 7.26. The van der Waals surface area contributed by atoms with Gasteiger partial charge >= 0.3 is 0 Å². The van der Waals surface area contributed by atoms with Crippen molar-refractivity contribution in [1.29, 1.82) is 0 Å². The minimum atomic E-state index is 1.12. The summed E-state index contributed by atoms with van der Waals surface area (Å²) in [5.41, 5.74) is 5.76. The van der Waals surface area contributed by atoms with E-state index in [-0.39, 0.29) is 0 Å². The highest BCUT2D eigenvalue weighted by atomic mass is 32.1. The lowest BCUT2D eigenvalue weighted by Crippen LogP contribution is -2.09. The Balaban J connectivity index is 1.17. The number of fused-ring (bicyclic) bond motifs is 10. The van der Waals surface area contributed by atoms with E-state index in [0.717, 1.165) is 22.6 Å². The molecule has 0 radical (unpaired) electrons. The molecule has 0 aliphatic carbocycles. The molecule has 0 aliphatic heterocycles. The Kier molecular flexibility index (Phi) is 5.95. The van der Waals surface area contributed by atoms with Crippen LogP contribution < -0.4 is 4.90 Å². The van der Waals surface area contributed by atoms with E-state index >= 15 is 0 Å². The van der Waals surface area contributed by atoms with Gasteiger partial charge in [0, 0.05) is 69.8 Å². The van der Waals surface area contributed by atoms with Gasteiger partial charge in [-0.1, -0.05) is 84.9 Å². The average molecular weight is 635 g/mol. The highest BCUT2D eigenvalue weighted by Gasteiger charge is 2.18. The van der Waals surface area contributed by atoms with Gasteiger partial charge in [-0.05, 0) is 93.3 Å². The predicted octanol–water partition coefficient (Wildman–Crippen LogP) is 13.3. The largest absolute Gasteiger partial charge is 0.310 e. The van der Waals surface area contributed by atoms with Crippen LogP contribution in [-0.2, 0) is 0 Å². The van der Waals surface area contributed by atoms with Crippen LogP contribution in [0.2, 0.25) is 0 Å². The summed E-state index contributed by atoms with van der Waals surface area (Å²) in [5.74, 6) is 0. The van der Waals surface area contributed by atoms with Crippen LogP contribution >= 0.6 is 22.7 Å². The van der Waals surface area contributed by atoms with Crippen LogP contribution in [0, 0.1) is 0 Å². The molecule has 3 aromatic heterocycles. The smallest absolute Gasteiger partial charge is 0.0476 e. The molecule has 0 spiro atoms. The molecular formula is C43H26N2S2. The van der Waals surface area contributed by atoms with Crippen molar-refractivity contribution in [3.63, 3.8) is 0 Å². The number of hydrogen-bond donors (Lipinski definition) is 0. The van der Waals surface area contributed by atoms with Gasteiger partial charge in [0.2, 0.25) is 0 Å². The fourth-order valence-corrected chi connectivity index (χ4v) is 9.45. The minimum absolute atomic E-state index is 1.12. The van der Waals surface area contributed by atoms with Crippen LogP contribution in [0.3, 0.4) is 0 Å². The molecule has 10 rings (SSSR count). The lowest BCUT2D eigenvalue weighted by molar-refractivity contribution is 1.29. The van der Waals surface area contributed by atoms with Gasteiger partial charge in [0.1, 0.15) is 0 Å². The molecule has 10 aromatic rings. The van der Waals surface area contributed by atoms with Gasteiger partial charge in [-0.2, -0.15) is 0 Å². The van der Waals surface area contributed by atoms with Crippen molar-refractivity contribution >= 4 is 102 Å². The third kappa shape index (κ3) is 4.26. The molecule has 0 N–H and O–H groups in total. The van der Waals surface area contributed by atoms with Gasteiger partial charge < -0.3 is 4.90 Å². The molecule has 0 saturated carbocycles. The van der Waals surface area contributed by atoms with Crippen LogP contribution in [0.25, 0.3) is 73.0 Å². The van der Waals surface area contributed by atoms with E-state index in [1.807, 2.05) is 35.1 Å². The van der Waals surface area contributed by atoms with Gasteiger partial charge in [0.25, 0.3) is 0 Å². The first-order chi connectivity index (χ1) is 23.3. The van der Waals surface area contributed by atoms with Crippen LogP contribution in [-0.4, -0.2) is 4.98 Å². The first-order valence-corrected chi connectivity index (χ1v) is 17.4. The SMILES string of the molecule is c1ccc2c(c1)ccc1sc3cc(N(c4ccc(-c5ccncc5)cc4)c4ccc5c(c4)sc4ccc6ccccc6c45)ccc3c12. The zero-order valence-corrected chi connectivity index (χ0v) is 26.9. The Labute approximate surface area is 279 Å². The molecule has 0 fully saturated rings. The minimum Gasteiger partial charge on any atom is -0.310 e. The van der Waals surface area contributed by atoms with E-state index in [4.69, 9.17) is 0 Å². The normalized spacial score (nSPS) is 11.8. The van der Waals surface area contributed by atoms with Gasteiger partial charge in [0.15, 0.2) is 0 Å². The summed E-state index contributed by atoms with van der Waals surface area (Å²) >= 11 is 3.75. The quantitative estimate of drug-likeness (QED) is 0.191. The summed E-state index contributed by atoms with van der Waals surface area (Å²) < 4.78 is 5.23. The molecule has 0 atom stereocenters. The van der Waals surface area contributed by atoms with Crippen LogP contribution in [0.1, 0.15) is 0 Å². The average Bonchev–Trinajstić information content (AvgIpc) is 3.70. The molecule has 47 heavy (non-hydrogen) atoms. The first kappa shape index (κ1) is 26.6. The van der Waals surface area contributed by atoms with Crippen molar-refractivity contribution in [1.82, 2.24) is 4.98 Å². The van der Waals surface area contributed by atoms with Crippen LogP contribution in [0.5, 0.6) is 0 Å². The van der Waals surface area contributed by atoms with Crippen molar-refractivity contribution < 1.29 is 0 Å². The molecule has 0 unspecified atom stereocenters. The standard InChI is InChI=1S/C43H26N2S2/c1-3-7-34-29(5-1)11-19-38-42(34)36-17-15-32(25-40(36)46-38)45(31-13-9-27(10-14-31)28-21-23-44-24-22-28)33-16-18-37-41(26-33)47-39-20-12-30-6-2-4-8-35(30)43(37)39/h1-26H. The van der Waals surface area contributed by atoms with Gasteiger partial charge in [-0.25, -0.2) is 0 Å². The Morgan fingerprint density at radius 3 is 1.43 bits per heavy atom. The third-order valence-electron chi connectivity index (χ3n) is 9.35. The molecule has 0 saturated heterocycles. The van der Waals surface area contributed by atoms with Crippen molar-refractivity contribution in [3.8, 4) is 11.1 Å². The monoisotopic (exact) mass is 634 g/mol. The van der Waals surface area contributed by atoms with Gasteiger partial charge in [0.05, 0.1) is 0 Å². The maximum absolute atomic E-state index is 4.20. The summed E-state index contributed by atoms with van der Waals surface area (Å²) in [6.07, 6.45) is 3.70. The topological polar surface area (TPSA) is 16.1 Å². The number of hydrogen-bond acceptors (Lipinski definition) is 4. The van der Waals surface area contributed by atoms with E-state index in [9.17, 15) is 0 Å². The molecule has 2 nitrogen and oxygen atoms in total. The second-order valence-electron chi connectivity index (χ2n) is 12.0. The zero-order valence-electron chi connectivity index (χ0n) is 25.2. The van der Waals surface area contributed by atoms with Crippen LogP contribution in [0.15, 0.2) is 158 Å². The van der Waals surface area contributed by atoms with Crippen molar-refractivity contribution in [2.75, 3.05) is 4.90 Å². The number of aromatic nitrogens is 1. The van der Waals surface area contributed by atoms with Crippen molar-refractivity contribution in [2.45, 2.75) is 0 Å². The summed E-state index contributed by atoms with van der Waals surface area (Å²) in [6.45, 7) is 0. The van der Waals surface area contributed by atoms with E-state index in [1.54, 1.807) is 0 Å². The molecule has 220 valence electrons. The number of rotatable bonds is 4. The molecule has 0 aliphatic rings. The molecule has 3 heterocycles. The first-order valence-electron chi connectivity index (χ1n) is 15.8. The predicted molar refractivity (Wildman–Crippen MR) is 205 cm³/mol. The second kappa shape index (κ2) is 10.5. The third-order valence-corrected chi connectivity index (χ3v) is 11.6. The number of thiophene rings is 2. The van der Waals surface area contributed by atoms with E-state index in [0.29, 0.717) is 0 Å². The summed E-state index contributed by atoms with van der Waals surface area (Å²) in [5, 5.41) is 10.5. The summed E-state index contributed by atoms with van der Waals surface area (Å²) in [6, 6.07) is 53.4. The second-order valence-corrected chi connectivity index (χ2v) is 14.2. The van der Waals surface area contributed by atoms with Crippen molar-refractivity contribution in [3.05, 3.63) is 158 Å². The number of pyridine rings is 1. The van der Waals surface area contributed by atoms with Gasteiger partial charge in [-0.15, -0.1) is 22.7 Å². The maximum atomic E-state index is 4.20. The molecular weight excluding hydrogens is 609 g/mol. The Bertz CT molecular complexity index is 2640. The summed E-state index contributed by atoms with van der Waals surface area (Å²) in [4.78, 5) is 6.61. The fourth-order valence-electron chi connectivity index (χ4n) is 7.14. The van der Waals surface area contributed by atoms with E-state index in [1.165, 1.54) is 67.5 Å². The Hall–Kier alpha value is -5.55. The summed E-state index contributed by atoms with van der Waals surface area (Å²) in [7, 11) is 0. The number of anilines is 3. The Morgan fingerprint density at radius 2 is 0.872 bits per heavy atom. The molecule has 0 amide bonds. The lowest BCUT2D eigenvalue weighted by Gasteiger charge is -2.26. The number of nitrogens with zero attached hydrogens (tertiary/aromatic N) is 2. The fraction of sp³-hybridized carbons (Fsp3) is 0. The molecule has 4 heteroatoms. The molecule has 0 bridgehead atoms. The lowest BCUT2D eigenvalue weighted by atomic mass is 10.0. The maximum Gasteiger partial charge on any atom is 0.0476 e. The van der Waals surface area contributed by atoms with E-state index < -0.39 is 0 Å². The highest BCUT2D eigenvalue weighted by Crippen LogP contribution is 2.45. The van der Waals surface area contributed by atoms with E-state index in [2.05, 4.69) is 155 Å². The number of benzene rings is 7. The molecule has 7 aromatic carbocycles. The van der Waals surface area contributed by atoms with Crippen LogP contribution in [0.4, 0.5) is 17.1 Å².